The molecule has 1 unspecified atom stereocenters. The highest BCUT2D eigenvalue weighted by Gasteiger charge is 2.19. The summed E-state index contributed by atoms with van der Waals surface area (Å²) in [5.74, 6) is -0.201. The van der Waals surface area contributed by atoms with E-state index in [2.05, 4.69) is 4.98 Å². The van der Waals surface area contributed by atoms with Gasteiger partial charge in [0.2, 0.25) is 0 Å². The molecule has 0 saturated heterocycles. The van der Waals surface area contributed by atoms with E-state index in [-0.39, 0.29) is 12.3 Å². The van der Waals surface area contributed by atoms with Gasteiger partial charge in [-0.3, -0.25) is 4.79 Å². The molecule has 0 bridgehead atoms. The van der Waals surface area contributed by atoms with Crippen LogP contribution >= 0.6 is 0 Å². The lowest BCUT2D eigenvalue weighted by Crippen LogP contribution is -2.21. The molecule has 23 heavy (non-hydrogen) atoms. The first-order valence-electron chi connectivity index (χ1n) is 7.25. The number of nitrogens with zero attached hydrogens (tertiary/aromatic N) is 2. The van der Waals surface area contributed by atoms with Crippen molar-refractivity contribution in [3.8, 4) is 5.75 Å². The Morgan fingerprint density at radius 3 is 2.57 bits per heavy atom. The van der Waals surface area contributed by atoms with Crippen molar-refractivity contribution in [2.45, 2.75) is 19.0 Å². The van der Waals surface area contributed by atoms with E-state index >= 15 is 0 Å². The molecule has 1 aromatic heterocycles. The number of carboxylic acids is 1. The zero-order valence-corrected chi connectivity index (χ0v) is 12.4. The van der Waals surface area contributed by atoms with Gasteiger partial charge in [0.1, 0.15) is 18.1 Å². The van der Waals surface area contributed by atoms with Gasteiger partial charge < -0.3 is 20.5 Å². The lowest BCUT2D eigenvalue weighted by molar-refractivity contribution is -0.137. The molecule has 0 aliphatic heterocycles. The van der Waals surface area contributed by atoms with Crippen molar-refractivity contribution in [1.29, 1.82) is 0 Å². The van der Waals surface area contributed by atoms with Crippen molar-refractivity contribution in [3.63, 3.8) is 0 Å². The summed E-state index contributed by atoms with van der Waals surface area (Å²) in [5.41, 5.74) is 8.70. The molecule has 0 spiro atoms. The van der Waals surface area contributed by atoms with Crippen LogP contribution < -0.4 is 5.73 Å². The zero-order chi connectivity index (χ0) is 16.4. The van der Waals surface area contributed by atoms with Crippen LogP contribution in [0.4, 0.5) is 0 Å². The summed E-state index contributed by atoms with van der Waals surface area (Å²) in [4.78, 5) is 15.7. The first-order valence-corrected chi connectivity index (χ1v) is 7.25. The van der Waals surface area contributed by atoms with Gasteiger partial charge in [-0.25, -0.2) is 4.98 Å². The normalized spacial score (nSPS) is 12.4. The van der Waals surface area contributed by atoms with Crippen LogP contribution in [0.1, 0.15) is 17.4 Å². The standard InChI is InChI=1S/C17H17N3O3/c18-13(9-11-5-7-12(21)8-6-11)17-19-14-3-1-2-4-15(14)20(17)10-16(22)23/h1-8,13,21H,9-10,18H2,(H,22,23). The number of para-hydroxylation sites is 2. The van der Waals surface area contributed by atoms with Crippen molar-refractivity contribution >= 4 is 17.0 Å². The number of aromatic nitrogens is 2. The molecule has 0 aliphatic rings. The van der Waals surface area contributed by atoms with Gasteiger partial charge in [-0.15, -0.1) is 0 Å². The summed E-state index contributed by atoms with van der Waals surface area (Å²) in [6.07, 6.45) is 0.503. The highest BCUT2D eigenvalue weighted by molar-refractivity contribution is 5.78. The fraction of sp³-hybridized carbons (Fsp3) is 0.176. The quantitative estimate of drug-likeness (QED) is 0.669. The largest absolute Gasteiger partial charge is 0.508 e. The Balaban J connectivity index is 1.96. The van der Waals surface area contributed by atoms with Gasteiger partial charge in [0.05, 0.1) is 17.1 Å². The van der Waals surface area contributed by atoms with E-state index in [4.69, 9.17) is 10.8 Å². The topological polar surface area (TPSA) is 101 Å². The van der Waals surface area contributed by atoms with Crippen LogP contribution in [0.5, 0.6) is 5.75 Å². The van der Waals surface area contributed by atoms with E-state index in [0.717, 1.165) is 16.6 Å². The van der Waals surface area contributed by atoms with Crippen molar-refractivity contribution in [1.82, 2.24) is 9.55 Å². The number of hydrogen-bond acceptors (Lipinski definition) is 4. The van der Waals surface area contributed by atoms with E-state index < -0.39 is 12.0 Å². The Morgan fingerprint density at radius 2 is 1.87 bits per heavy atom. The third-order valence-corrected chi connectivity index (χ3v) is 3.70. The number of aromatic hydroxyl groups is 1. The average molecular weight is 311 g/mol. The van der Waals surface area contributed by atoms with Gasteiger partial charge in [0.15, 0.2) is 0 Å². The maximum Gasteiger partial charge on any atom is 0.323 e. The third kappa shape index (κ3) is 3.17. The van der Waals surface area contributed by atoms with Crippen LogP contribution in [0, 0.1) is 0 Å². The summed E-state index contributed by atoms with van der Waals surface area (Å²) in [7, 11) is 0. The van der Waals surface area contributed by atoms with Gasteiger partial charge in [0.25, 0.3) is 0 Å². The molecule has 0 aliphatic carbocycles. The van der Waals surface area contributed by atoms with Crippen LogP contribution in [0.15, 0.2) is 48.5 Å². The molecule has 0 saturated carbocycles. The van der Waals surface area contributed by atoms with Crippen molar-refractivity contribution < 1.29 is 15.0 Å². The molecule has 2 aromatic carbocycles. The average Bonchev–Trinajstić information content (AvgIpc) is 2.88. The molecular weight excluding hydrogens is 294 g/mol. The molecule has 0 amide bonds. The smallest absolute Gasteiger partial charge is 0.323 e. The zero-order valence-electron chi connectivity index (χ0n) is 12.4. The molecule has 3 aromatic rings. The maximum atomic E-state index is 11.2. The Bertz CT molecular complexity index is 840. The van der Waals surface area contributed by atoms with Crippen molar-refractivity contribution in [3.05, 3.63) is 59.9 Å². The van der Waals surface area contributed by atoms with Gasteiger partial charge in [0, 0.05) is 0 Å². The number of phenolic OH excluding ortho intramolecular Hbond substituents is 1. The summed E-state index contributed by atoms with van der Waals surface area (Å²) in [6.45, 7) is -0.181. The number of carbonyl (C=O) groups is 1. The van der Waals surface area contributed by atoms with Gasteiger partial charge in [-0.2, -0.15) is 0 Å². The predicted octanol–water partition coefficient (Wildman–Crippen LogP) is 2.07. The number of phenols is 1. The number of imidazole rings is 1. The second-order valence-electron chi connectivity index (χ2n) is 5.42. The molecule has 1 atom stereocenters. The Hall–Kier alpha value is -2.86. The van der Waals surface area contributed by atoms with Crippen LogP contribution in [0.2, 0.25) is 0 Å². The van der Waals surface area contributed by atoms with E-state index in [9.17, 15) is 9.90 Å². The lowest BCUT2D eigenvalue weighted by Gasteiger charge is -2.13. The minimum atomic E-state index is -0.939. The molecule has 6 nitrogen and oxygen atoms in total. The molecule has 0 fully saturated rings. The minimum Gasteiger partial charge on any atom is -0.508 e. The molecular formula is C17H17N3O3. The molecule has 118 valence electrons. The highest BCUT2D eigenvalue weighted by atomic mass is 16.4. The fourth-order valence-electron chi connectivity index (χ4n) is 2.66. The Morgan fingerprint density at radius 1 is 1.17 bits per heavy atom. The number of fused-ring (bicyclic) bond motifs is 1. The second kappa shape index (κ2) is 6.10. The molecule has 0 radical (unpaired) electrons. The monoisotopic (exact) mass is 311 g/mol. The Labute approximate surface area is 132 Å². The summed E-state index contributed by atoms with van der Waals surface area (Å²) in [6, 6.07) is 13.7. The molecule has 1 heterocycles. The van der Waals surface area contributed by atoms with Crippen molar-refractivity contribution in [2.24, 2.45) is 5.73 Å². The van der Waals surface area contributed by atoms with Gasteiger partial charge in [-0.05, 0) is 36.2 Å². The maximum absolute atomic E-state index is 11.2. The number of aliphatic carboxylic acids is 1. The van der Waals surface area contributed by atoms with Gasteiger partial charge >= 0.3 is 5.97 Å². The van der Waals surface area contributed by atoms with E-state index in [1.165, 1.54) is 0 Å². The molecule has 6 heteroatoms. The lowest BCUT2D eigenvalue weighted by atomic mass is 10.1. The predicted molar refractivity (Wildman–Crippen MR) is 86.1 cm³/mol. The summed E-state index contributed by atoms with van der Waals surface area (Å²) in [5, 5.41) is 18.5. The first-order chi connectivity index (χ1) is 11.0. The highest BCUT2D eigenvalue weighted by Crippen LogP contribution is 2.22. The van der Waals surface area contributed by atoms with E-state index in [1.54, 1.807) is 28.8 Å². The third-order valence-electron chi connectivity index (χ3n) is 3.70. The molecule has 3 rings (SSSR count). The van der Waals surface area contributed by atoms with Crippen LogP contribution in [-0.2, 0) is 17.8 Å². The van der Waals surface area contributed by atoms with Gasteiger partial charge in [-0.1, -0.05) is 24.3 Å². The number of carboxylic acid groups (broad SMARTS) is 1. The Kier molecular flexibility index (Phi) is 3.99. The fourth-order valence-corrected chi connectivity index (χ4v) is 2.66. The SMILES string of the molecule is NC(Cc1ccc(O)cc1)c1nc2ccccc2n1CC(=O)O. The van der Waals surface area contributed by atoms with E-state index in [1.807, 2.05) is 24.3 Å². The summed E-state index contributed by atoms with van der Waals surface area (Å²) >= 11 is 0. The number of hydrogen-bond donors (Lipinski definition) is 3. The first kappa shape index (κ1) is 15.1. The second-order valence-corrected chi connectivity index (χ2v) is 5.42. The molecule has 4 N–H and O–H groups in total. The summed E-state index contributed by atoms with van der Waals surface area (Å²) < 4.78 is 1.64. The van der Waals surface area contributed by atoms with Crippen LogP contribution in [0.25, 0.3) is 11.0 Å². The number of nitrogens with two attached hydrogens (primary N) is 1. The van der Waals surface area contributed by atoms with Crippen LogP contribution in [0.3, 0.4) is 0 Å². The van der Waals surface area contributed by atoms with Crippen LogP contribution in [-0.4, -0.2) is 25.7 Å². The van der Waals surface area contributed by atoms with E-state index in [0.29, 0.717) is 12.2 Å². The minimum absolute atomic E-state index is 0.181. The number of benzene rings is 2. The number of rotatable bonds is 5. The van der Waals surface area contributed by atoms with Crippen molar-refractivity contribution in [2.75, 3.05) is 0 Å².